The quantitative estimate of drug-likeness (QED) is 0.395. The molecule has 6 nitrogen and oxygen atoms in total. The number of benzene rings is 2. The summed E-state index contributed by atoms with van der Waals surface area (Å²) in [5.74, 6) is 0. The van der Waals surface area contributed by atoms with Gasteiger partial charge in [-0.1, -0.05) is 23.7 Å². The maximum atomic E-state index is 12.6. The van der Waals surface area contributed by atoms with Crippen LogP contribution >= 0.6 is 11.6 Å². The van der Waals surface area contributed by atoms with Crippen molar-refractivity contribution >= 4 is 39.9 Å². The Morgan fingerprint density at radius 3 is 2.76 bits per heavy atom. The third-order valence-electron chi connectivity index (χ3n) is 3.57. The van der Waals surface area contributed by atoms with Crippen LogP contribution in [0.25, 0.3) is 22.6 Å². The molecule has 0 N–H and O–H groups in total. The van der Waals surface area contributed by atoms with E-state index in [1.54, 1.807) is 18.2 Å². The van der Waals surface area contributed by atoms with E-state index in [1.165, 1.54) is 36.6 Å². The SMILES string of the molecule is N#C/C(=C\c1coc2ccc(Cl)cc2c1=O)c1ccccc1[N+](=O)[O-]. The highest BCUT2D eigenvalue weighted by molar-refractivity contribution is 6.31. The van der Waals surface area contributed by atoms with Crippen LogP contribution in [0.1, 0.15) is 11.1 Å². The molecule has 25 heavy (non-hydrogen) atoms. The van der Waals surface area contributed by atoms with Gasteiger partial charge in [-0.2, -0.15) is 5.26 Å². The van der Waals surface area contributed by atoms with Gasteiger partial charge >= 0.3 is 0 Å². The molecule has 3 aromatic rings. The Morgan fingerprint density at radius 2 is 2.04 bits per heavy atom. The van der Waals surface area contributed by atoms with Gasteiger partial charge in [-0.3, -0.25) is 14.9 Å². The summed E-state index contributed by atoms with van der Waals surface area (Å²) in [7, 11) is 0. The molecule has 1 aromatic heterocycles. The van der Waals surface area contributed by atoms with Gasteiger partial charge in [0.2, 0.25) is 0 Å². The van der Waals surface area contributed by atoms with Crippen LogP contribution < -0.4 is 5.43 Å². The van der Waals surface area contributed by atoms with Crippen LogP contribution in [-0.2, 0) is 0 Å². The maximum absolute atomic E-state index is 12.6. The lowest BCUT2D eigenvalue weighted by Crippen LogP contribution is -2.05. The topological polar surface area (TPSA) is 97.1 Å². The molecule has 0 spiro atoms. The Hall–Kier alpha value is -3.43. The normalized spacial score (nSPS) is 11.3. The molecule has 7 heteroatoms. The average molecular weight is 353 g/mol. The van der Waals surface area contributed by atoms with Gasteiger partial charge in [0.1, 0.15) is 17.9 Å². The van der Waals surface area contributed by atoms with E-state index in [0.29, 0.717) is 10.6 Å². The zero-order chi connectivity index (χ0) is 18.0. The molecule has 0 amide bonds. The van der Waals surface area contributed by atoms with Crippen molar-refractivity contribution in [3.8, 4) is 6.07 Å². The van der Waals surface area contributed by atoms with E-state index in [9.17, 15) is 20.2 Å². The van der Waals surface area contributed by atoms with Crippen molar-refractivity contribution in [1.82, 2.24) is 0 Å². The minimum atomic E-state index is -0.580. The van der Waals surface area contributed by atoms with Crippen molar-refractivity contribution in [2.45, 2.75) is 0 Å². The first kappa shape index (κ1) is 16.4. The van der Waals surface area contributed by atoms with Crippen LogP contribution in [0.3, 0.4) is 0 Å². The van der Waals surface area contributed by atoms with Gasteiger partial charge < -0.3 is 4.42 Å². The van der Waals surface area contributed by atoms with E-state index < -0.39 is 4.92 Å². The molecule has 0 saturated heterocycles. The number of nitriles is 1. The van der Waals surface area contributed by atoms with Crippen LogP contribution in [0.2, 0.25) is 5.02 Å². The molecule has 0 unspecified atom stereocenters. The fourth-order valence-electron chi connectivity index (χ4n) is 2.40. The predicted octanol–water partition coefficient (Wildman–Crippen LogP) is 4.42. The zero-order valence-electron chi connectivity index (χ0n) is 12.6. The van der Waals surface area contributed by atoms with Crippen LogP contribution in [-0.4, -0.2) is 4.92 Å². The molecule has 0 bridgehead atoms. The largest absolute Gasteiger partial charge is 0.463 e. The predicted molar refractivity (Wildman–Crippen MR) is 94.1 cm³/mol. The van der Waals surface area contributed by atoms with Gasteiger partial charge in [-0.05, 0) is 30.3 Å². The fraction of sp³-hybridized carbons (Fsp3) is 0. The number of halogens is 1. The number of hydrogen-bond acceptors (Lipinski definition) is 5. The van der Waals surface area contributed by atoms with Crippen molar-refractivity contribution in [2.75, 3.05) is 0 Å². The summed E-state index contributed by atoms with van der Waals surface area (Å²) in [5, 5.41) is 21.2. The first-order valence-corrected chi connectivity index (χ1v) is 7.45. The molecule has 0 radical (unpaired) electrons. The summed E-state index contributed by atoms with van der Waals surface area (Å²) in [5.41, 5.74) is -0.0274. The molecule has 1 heterocycles. The molecule has 122 valence electrons. The summed E-state index contributed by atoms with van der Waals surface area (Å²) >= 11 is 5.90. The summed E-state index contributed by atoms with van der Waals surface area (Å²) < 4.78 is 5.39. The van der Waals surface area contributed by atoms with Crippen molar-refractivity contribution < 1.29 is 9.34 Å². The second kappa shape index (κ2) is 6.59. The van der Waals surface area contributed by atoms with Crippen LogP contribution in [0, 0.1) is 21.4 Å². The smallest absolute Gasteiger partial charge is 0.277 e. The van der Waals surface area contributed by atoms with Crippen LogP contribution in [0.4, 0.5) is 5.69 Å². The number of nitro benzene ring substituents is 1. The van der Waals surface area contributed by atoms with Gasteiger partial charge in [0.25, 0.3) is 5.69 Å². The molecular weight excluding hydrogens is 344 g/mol. The molecule has 0 atom stereocenters. The lowest BCUT2D eigenvalue weighted by molar-refractivity contribution is -0.385. The molecule has 0 aliphatic carbocycles. The van der Waals surface area contributed by atoms with Gasteiger partial charge in [-0.15, -0.1) is 0 Å². The van der Waals surface area contributed by atoms with E-state index in [1.807, 2.05) is 6.07 Å². The summed E-state index contributed by atoms with van der Waals surface area (Å²) in [6.45, 7) is 0. The third-order valence-corrected chi connectivity index (χ3v) is 3.81. The highest BCUT2D eigenvalue weighted by atomic mass is 35.5. The highest BCUT2D eigenvalue weighted by Crippen LogP contribution is 2.27. The number of rotatable bonds is 3. The first-order valence-electron chi connectivity index (χ1n) is 7.08. The standard InChI is InChI=1S/C18H9ClN2O4/c19-13-5-6-17-15(8-13)18(22)12(10-25-17)7-11(9-20)14-3-1-2-4-16(14)21(23)24/h1-8,10H/b11-7+. The van der Waals surface area contributed by atoms with Crippen molar-refractivity contribution in [3.05, 3.63) is 85.2 Å². The van der Waals surface area contributed by atoms with E-state index >= 15 is 0 Å². The van der Waals surface area contributed by atoms with Crippen molar-refractivity contribution in [3.63, 3.8) is 0 Å². The molecule has 0 fully saturated rings. The van der Waals surface area contributed by atoms with E-state index in [-0.39, 0.29) is 33.2 Å². The number of fused-ring (bicyclic) bond motifs is 1. The van der Waals surface area contributed by atoms with Gasteiger partial charge in [0, 0.05) is 11.1 Å². The Kier molecular flexibility index (Phi) is 4.33. The monoisotopic (exact) mass is 352 g/mol. The molecule has 3 rings (SSSR count). The molecular formula is C18H9ClN2O4. The summed E-state index contributed by atoms with van der Waals surface area (Å²) in [6, 6.07) is 12.4. The van der Waals surface area contributed by atoms with E-state index in [0.717, 1.165) is 0 Å². The summed E-state index contributed by atoms with van der Waals surface area (Å²) in [4.78, 5) is 23.1. The third kappa shape index (κ3) is 3.13. The lowest BCUT2D eigenvalue weighted by atomic mass is 10.0. The van der Waals surface area contributed by atoms with E-state index in [2.05, 4.69) is 0 Å². The minimum Gasteiger partial charge on any atom is -0.463 e. The van der Waals surface area contributed by atoms with E-state index in [4.69, 9.17) is 16.0 Å². The first-order chi connectivity index (χ1) is 12.0. The highest BCUT2D eigenvalue weighted by Gasteiger charge is 2.17. The molecule has 0 aliphatic rings. The fourth-order valence-corrected chi connectivity index (χ4v) is 2.58. The van der Waals surface area contributed by atoms with Crippen LogP contribution in [0.15, 0.2) is 57.9 Å². The molecule has 0 saturated carbocycles. The van der Waals surface area contributed by atoms with Gasteiger partial charge in [-0.25, -0.2) is 0 Å². The Labute approximate surface area is 146 Å². The second-order valence-corrected chi connectivity index (χ2v) is 5.54. The lowest BCUT2D eigenvalue weighted by Gasteiger charge is -2.02. The van der Waals surface area contributed by atoms with Crippen molar-refractivity contribution in [1.29, 1.82) is 5.26 Å². The number of para-hydroxylation sites is 1. The molecule has 0 aliphatic heterocycles. The Balaban J connectivity index is 2.21. The van der Waals surface area contributed by atoms with Crippen LogP contribution in [0.5, 0.6) is 0 Å². The average Bonchev–Trinajstić information content (AvgIpc) is 2.61. The molecule has 2 aromatic carbocycles. The summed E-state index contributed by atoms with van der Waals surface area (Å²) in [6.07, 6.45) is 2.49. The number of allylic oxidation sites excluding steroid dienone is 1. The Morgan fingerprint density at radius 1 is 1.28 bits per heavy atom. The number of nitro groups is 1. The minimum absolute atomic E-state index is 0.0130. The maximum Gasteiger partial charge on any atom is 0.277 e. The second-order valence-electron chi connectivity index (χ2n) is 5.10. The number of nitrogens with zero attached hydrogens (tertiary/aromatic N) is 2. The van der Waals surface area contributed by atoms with Crippen molar-refractivity contribution in [2.24, 2.45) is 0 Å². The van der Waals surface area contributed by atoms with Gasteiger partial charge in [0.15, 0.2) is 5.43 Å². The Bertz CT molecular complexity index is 1130. The zero-order valence-corrected chi connectivity index (χ0v) is 13.4. The van der Waals surface area contributed by atoms with Gasteiger partial charge in [0.05, 0.1) is 27.0 Å². The number of hydrogen-bond donors (Lipinski definition) is 0.